The van der Waals surface area contributed by atoms with Crippen molar-refractivity contribution in [2.24, 2.45) is 5.92 Å². The number of nitrogens with one attached hydrogen (secondary N) is 2. The van der Waals surface area contributed by atoms with Gasteiger partial charge < -0.3 is 14.8 Å². The van der Waals surface area contributed by atoms with Crippen LogP contribution >= 0.6 is 28.1 Å². The van der Waals surface area contributed by atoms with Crippen molar-refractivity contribution in [1.29, 1.82) is 0 Å². The minimum atomic E-state index is -0.337. The molecule has 2 N–H and O–H groups in total. The van der Waals surface area contributed by atoms with Crippen molar-refractivity contribution in [3.8, 4) is 11.5 Å². The molecule has 2 aromatic rings. The van der Waals surface area contributed by atoms with Crippen molar-refractivity contribution >= 4 is 44.9 Å². The molecule has 2 aromatic carbocycles. The molecular formula is C21H25BrN2O3S. The van der Waals surface area contributed by atoms with Gasteiger partial charge in [0, 0.05) is 10.2 Å². The summed E-state index contributed by atoms with van der Waals surface area (Å²) in [5, 5.41) is 5.89. The number of hydrogen-bond acceptors (Lipinski definition) is 4. The van der Waals surface area contributed by atoms with E-state index in [4.69, 9.17) is 21.7 Å². The van der Waals surface area contributed by atoms with Crippen molar-refractivity contribution < 1.29 is 14.3 Å². The lowest BCUT2D eigenvalue weighted by Crippen LogP contribution is -2.34. The summed E-state index contributed by atoms with van der Waals surface area (Å²) < 4.78 is 12.0. The van der Waals surface area contributed by atoms with Crippen molar-refractivity contribution in [2.45, 2.75) is 27.2 Å². The van der Waals surface area contributed by atoms with Gasteiger partial charge in [0.25, 0.3) is 5.91 Å². The summed E-state index contributed by atoms with van der Waals surface area (Å²) in [5.74, 6) is 1.58. The molecule has 0 spiro atoms. The van der Waals surface area contributed by atoms with E-state index >= 15 is 0 Å². The number of halogens is 1. The number of carbonyl (C=O) groups is 1. The Morgan fingerprint density at radius 2 is 1.86 bits per heavy atom. The second kappa shape index (κ2) is 11.0. The van der Waals surface area contributed by atoms with Gasteiger partial charge in [-0.15, -0.1) is 0 Å². The van der Waals surface area contributed by atoms with Crippen molar-refractivity contribution in [2.75, 3.05) is 18.5 Å². The highest BCUT2D eigenvalue weighted by Crippen LogP contribution is 2.23. The molecule has 0 unspecified atom stereocenters. The second-order valence-corrected chi connectivity index (χ2v) is 7.86. The van der Waals surface area contributed by atoms with Crippen LogP contribution in [0.15, 0.2) is 46.9 Å². The monoisotopic (exact) mass is 464 g/mol. The van der Waals surface area contributed by atoms with Crippen molar-refractivity contribution in [3.63, 3.8) is 0 Å². The van der Waals surface area contributed by atoms with E-state index < -0.39 is 0 Å². The maximum absolute atomic E-state index is 12.6. The van der Waals surface area contributed by atoms with E-state index in [1.165, 1.54) is 0 Å². The molecule has 28 heavy (non-hydrogen) atoms. The van der Waals surface area contributed by atoms with Gasteiger partial charge in [-0.1, -0.05) is 29.8 Å². The van der Waals surface area contributed by atoms with Crippen LogP contribution in [0.25, 0.3) is 0 Å². The molecule has 0 saturated heterocycles. The lowest BCUT2D eigenvalue weighted by Gasteiger charge is -2.13. The zero-order chi connectivity index (χ0) is 20.5. The maximum atomic E-state index is 12.6. The summed E-state index contributed by atoms with van der Waals surface area (Å²) in [6, 6.07) is 12.7. The van der Waals surface area contributed by atoms with Gasteiger partial charge in [-0.2, -0.15) is 0 Å². The normalized spacial score (nSPS) is 10.5. The number of thiocarbonyl (C=S) groups is 1. The van der Waals surface area contributed by atoms with Crippen LogP contribution in [-0.2, 0) is 0 Å². The highest BCUT2D eigenvalue weighted by Gasteiger charge is 2.14. The molecule has 150 valence electrons. The summed E-state index contributed by atoms with van der Waals surface area (Å²) in [5.41, 5.74) is 1.18. The first kappa shape index (κ1) is 22.2. The Labute approximate surface area is 179 Å². The zero-order valence-electron chi connectivity index (χ0n) is 16.3. The van der Waals surface area contributed by atoms with Crippen molar-refractivity contribution in [3.05, 3.63) is 52.5 Å². The van der Waals surface area contributed by atoms with E-state index in [9.17, 15) is 4.79 Å². The Hall–Kier alpha value is -2.12. The maximum Gasteiger partial charge on any atom is 0.261 e. The SMILES string of the molecule is CCOc1ccc(Br)cc1C(=O)NC(=S)Nc1ccc(OCCC(C)C)cc1. The predicted molar refractivity (Wildman–Crippen MR) is 120 cm³/mol. The molecule has 5 nitrogen and oxygen atoms in total. The topological polar surface area (TPSA) is 59.6 Å². The Morgan fingerprint density at radius 3 is 2.50 bits per heavy atom. The first-order chi connectivity index (χ1) is 13.4. The molecule has 1 amide bonds. The smallest absolute Gasteiger partial charge is 0.261 e. The van der Waals surface area contributed by atoms with E-state index in [1.807, 2.05) is 37.3 Å². The highest BCUT2D eigenvalue weighted by molar-refractivity contribution is 9.10. The Morgan fingerprint density at radius 1 is 1.14 bits per heavy atom. The number of amides is 1. The third-order valence-corrected chi connectivity index (χ3v) is 4.49. The third-order valence-electron chi connectivity index (χ3n) is 3.79. The number of anilines is 1. The van der Waals surface area contributed by atoms with Crippen LogP contribution in [0, 0.1) is 5.92 Å². The standard InChI is InChI=1S/C21H25BrN2O3S/c1-4-26-19-10-5-15(22)13-18(19)20(25)24-21(28)23-16-6-8-17(9-7-16)27-12-11-14(2)3/h5-10,13-14H,4,11-12H2,1-3H3,(H2,23,24,25,28). The van der Waals surface area contributed by atoms with Crippen LogP contribution in [0.1, 0.15) is 37.6 Å². The number of rotatable bonds is 8. The van der Waals surface area contributed by atoms with Gasteiger partial charge in [-0.05, 0) is 73.9 Å². The van der Waals surface area contributed by atoms with Crippen LogP contribution in [-0.4, -0.2) is 24.2 Å². The van der Waals surface area contributed by atoms with Crippen LogP contribution in [0.5, 0.6) is 11.5 Å². The predicted octanol–water partition coefficient (Wildman–Crippen LogP) is 5.40. The van der Waals surface area contributed by atoms with Gasteiger partial charge in [-0.25, -0.2) is 0 Å². The summed E-state index contributed by atoms with van der Waals surface area (Å²) in [4.78, 5) is 12.6. The molecule has 0 fully saturated rings. The molecule has 0 radical (unpaired) electrons. The Balaban J connectivity index is 1.93. The van der Waals surface area contributed by atoms with Gasteiger partial charge in [0.1, 0.15) is 11.5 Å². The van der Waals surface area contributed by atoms with Crippen LogP contribution in [0.2, 0.25) is 0 Å². The molecule has 0 bridgehead atoms. The molecule has 0 heterocycles. The van der Waals surface area contributed by atoms with Crippen LogP contribution < -0.4 is 20.1 Å². The summed E-state index contributed by atoms with van der Waals surface area (Å²) in [6.45, 7) is 7.35. The van der Waals surface area contributed by atoms with Gasteiger partial charge in [-0.3, -0.25) is 10.1 Å². The summed E-state index contributed by atoms with van der Waals surface area (Å²) in [7, 11) is 0. The van der Waals surface area contributed by atoms with Gasteiger partial charge in [0.05, 0.1) is 18.8 Å². The minimum Gasteiger partial charge on any atom is -0.494 e. The average Bonchev–Trinajstić information content (AvgIpc) is 2.64. The molecule has 0 saturated carbocycles. The van der Waals surface area contributed by atoms with Gasteiger partial charge in [0.2, 0.25) is 0 Å². The zero-order valence-corrected chi connectivity index (χ0v) is 18.7. The lowest BCUT2D eigenvalue weighted by molar-refractivity contribution is 0.0974. The molecular weight excluding hydrogens is 440 g/mol. The fourth-order valence-electron chi connectivity index (χ4n) is 2.34. The Bertz CT molecular complexity index is 810. The van der Waals surface area contributed by atoms with Gasteiger partial charge >= 0.3 is 0 Å². The van der Waals surface area contributed by atoms with E-state index in [0.717, 1.165) is 22.3 Å². The average molecular weight is 465 g/mol. The Kier molecular flexibility index (Phi) is 8.73. The highest BCUT2D eigenvalue weighted by atomic mass is 79.9. The molecule has 0 aromatic heterocycles. The molecule has 0 aliphatic heterocycles. The van der Waals surface area contributed by atoms with E-state index in [2.05, 4.69) is 40.4 Å². The van der Waals surface area contributed by atoms with Crippen LogP contribution in [0.4, 0.5) is 5.69 Å². The van der Waals surface area contributed by atoms with E-state index in [-0.39, 0.29) is 11.0 Å². The number of hydrogen-bond donors (Lipinski definition) is 2. The first-order valence-electron chi connectivity index (χ1n) is 9.16. The molecule has 2 rings (SSSR count). The molecule has 7 heteroatoms. The molecule has 0 aliphatic rings. The molecule has 0 atom stereocenters. The fourth-order valence-corrected chi connectivity index (χ4v) is 2.91. The first-order valence-corrected chi connectivity index (χ1v) is 10.4. The third kappa shape index (κ3) is 7.13. The van der Waals surface area contributed by atoms with E-state index in [1.54, 1.807) is 12.1 Å². The van der Waals surface area contributed by atoms with Crippen LogP contribution in [0.3, 0.4) is 0 Å². The minimum absolute atomic E-state index is 0.209. The number of benzene rings is 2. The molecule has 0 aliphatic carbocycles. The van der Waals surface area contributed by atoms with E-state index in [0.29, 0.717) is 30.4 Å². The lowest BCUT2D eigenvalue weighted by atomic mass is 10.1. The number of carbonyl (C=O) groups excluding carboxylic acids is 1. The van der Waals surface area contributed by atoms with Crippen molar-refractivity contribution in [1.82, 2.24) is 5.32 Å². The fraction of sp³-hybridized carbons (Fsp3) is 0.333. The largest absolute Gasteiger partial charge is 0.494 e. The summed E-state index contributed by atoms with van der Waals surface area (Å²) in [6.07, 6.45) is 1.01. The quantitative estimate of drug-likeness (QED) is 0.512. The second-order valence-electron chi connectivity index (χ2n) is 6.54. The van der Waals surface area contributed by atoms with Gasteiger partial charge in [0.15, 0.2) is 5.11 Å². The number of ether oxygens (including phenoxy) is 2. The summed E-state index contributed by atoms with van der Waals surface area (Å²) >= 11 is 8.63.